The highest BCUT2D eigenvalue weighted by Gasteiger charge is 2.37. The molecule has 2 heteroatoms. The summed E-state index contributed by atoms with van der Waals surface area (Å²) in [4.78, 5) is 0. The molecule has 0 unspecified atom stereocenters. The lowest BCUT2D eigenvalue weighted by Crippen LogP contribution is -2.15. The number of benzene rings is 7. The van der Waals surface area contributed by atoms with Gasteiger partial charge >= 0.3 is 0 Å². The molecule has 0 saturated carbocycles. The second kappa shape index (κ2) is 10.6. The molecule has 8 aromatic rings. The van der Waals surface area contributed by atoms with E-state index >= 15 is 0 Å². The van der Waals surface area contributed by atoms with Gasteiger partial charge in [0.05, 0.1) is 0 Å². The molecule has 7 aromatic carbocycles. The van der Waals surface area contributed by atoms with Gasteiger partial charge in [0.25, 0.3) is 0 Å². The molecule has 0 spiro atoms. The predicted octanol–water partition coefficient (Wildman–Crippen LogP) is 12.6. The molecule has 224 valence electrons. The lowest BCUT2D eigenvalue weighted by atomic mass is 9.81. The number of anilines is 2. The smallest absolute Gasteiger partial charge is 0.136 e. The van der Waals surface area contributed by atoms with E-state index in [0.29, 0.717) is 0 Å². The Morgan fingerprint density at radius 2 is 1.06 bits per heavy atom. The number of hydrogen-bond acceptors (Lipinski definition) is 2. The fourth-order valence-electron chi connectivity index (χ4n) is 7.49. The van der Waals surface area contributed by atoms with Crippen molar-refractivity contribution in [2.24, 2.45) is 0 Å². The van der Waals surface area contributed by atoms with Gasteiger partial charge in [0.1, 0.15) is 11.2 Å². The average Bonchev–Trinajstić information content (AvgIpc) is 3.61. The molecule has 1 aliphatic rings. The standard InChI is InChI=1S/C45H33NO/c1-45(2)39-15-8-13-35(30-10-4-3-5-11-30)43(39)37-27-22-32(28-40(37)45)29-18-23-33(24-19-29)46-34-25-20-31(21-26-34)36-14-9-17-42-44(36)38-12-6-7-16-41(38)47-42/h3-28,46H,1-2H3. The van der Waals surface area contributed by atoms with E-state index in [4.69, 9.17) is 4.42 Å². The van der Waals surface area contributed by atoms with Crippen molar-refractivity contribution < 1.29 is 4.42 Å². The highest BCUT2D eigenvalue weighted by atomic mass is 16.3. The summed E-state index contributed by atoms with van der Waals surface area (Å²) in [6.45, 7) is 4.71. The molecular formula is C45H33NO. The number of hydrogen-bond donors (Lipinski definition) is 1. The second-order valence-corrected chi connectivity index (χ2v) is 13.0. The van der Waals surface area contributed by atoms with Gasteiger partial charge in [0.15, 0.2) is 0 Å². The zero-order chi connectivity index (χ0) is 31.5. The van der Waals surface area contributed by atoms with Crippen LogP contribution in [-0.2, 0) is 5.41 Å². The summed E-state index contributed by atoms with van der Waals surface area (Å²) in [7, 11) is 0. The van der Waals surface area contributed by atoms with Gasteiger partial charge in [-0.1, -0.05) is 129 Å². The van der Waals surface area contributed by atoms with Crippen LogP contribution in [0.3, 0.4) is 0 Å². The molecule has 0 atom stereocenters. The number of furan rings is 1. The lowest BCUT2D eigenvalue weighted by molar-refractivity contribution is 0.660. The maximum Gasteiger partial charge on any atom is 0.136 e. The van der Waals surface area contributed by atoms with Gasteiger partial charge in [0, 0.05) is 27.6 Å². The Labute approximate surface area is 275 Å². The zero-order valence-electron chi connectivity index (χ0n) is 26.4. The highest BCUT2D eigenvalue weighted by molar-refractivity contribution is 6.12. The first-order chi connectivity index (χ1) is 23.0. The highest BCUT2D eigenvalue weighted by Crippen LogP contribution is 2.52. The first kappa shape index (κ1) is 27.5. The van der Waals surface area contributed by atoms with Crippen molar-refractivity contribution in [1.29, 1.82) is 0 Å². The van der Waals surface area contributed by atoms with Gasteiger partial charge in [-0.2, -0.15) is 0 Å². The van der Waals surface area contributed by atoms with Crippen LogP contribution >= 0.6 is 0 Å². The maximum absolute atomic E-state index is 6.11. The van der Waals surface area contributed by atoms with E-state index in [1.54, 1.807) is 0 Å². The molecule has 0 fully saturated rings. The number of para-hydroxylation sites is 1. The molecular weight excluding hydrogens is 571 g/mol. The third-order valence-electron chi connectivity index (χ3n) is 9.89. The molecule has 1 heterocycles. The zero-order valence-corrected chi connectivity index (χ0v) is 26.4. The van der Waals surface area contributed by atoms with Crippen LogP contribution < -0.4 is 5.32 Å². The van der Waals surface area contributed by atoms with Crippen molar-refractivity contribution in [3.05, 3.63) is 169 Å². The van der Waals surface area contributed by atoms with Crippen molar-refractivity contribution in [2.75, 3.05) is 5.32 Å². The lowest BCUT2D eigenvalue weighted by Gasteiger charge is -2.22. The van der Waals surface area contributed by atoms with Crippen LogP contribution in [0.15, 0.2) is 162 Å². The molecule has 1 aliphatic carbocycles. The minimum atomic E-state index is -0.0740. The largest absolute Gasteiger partial charge is 0.456 e. The average molecular weight is 604 g/mol. The molecule has 0 amide bonds. The minimum absolute atomic E-state index is 0.0740. The van der Waals surface area contributed by atoms with Crippen LogP contribution in [0.5, 0.6) is 0 Å². The molecule has 0 bridgehead atoms. The quantitative estimate of drug-likeness (QED) is 0.212. The first-order valence-corrected chi connectivity index (χ1v) is 16.3. The van der Waals surface area contributed by atoms with E-state index in [2.05, 4.69) is 159 Å². The van der Waals surface area contributed by atoms with Crippen molar-refractivity contribution in [2.45, 2.75) is 19.3 Å². The van der Waals surface area contributed by atoms with E-state index in [1.807, 2.05) is 18.2 Å². The number of rotatable bonds is 5. The first-order valence-electron chi connectivity index (χ1n) is 16.3. The summed E-state index contributed by atoms with van der Waals surface area (Å²) < 4.78 is 6.11. The van der Waals surface area contributed by atoms with Gasteiger partial charge < -0.3 is 9.73 Å². The summed E-state index contributed by atoms with van der Waals surface area (Å²) in [5, 5.41) is 5.90. The van der Waals surface area contributed by atoms with Gasteiger partial charge in [-0.3, -0.25) is 0 Å². The maximum atomic E-state index is 6.11. The number of fused-ring (bicyclic) bond motifs is 6. The van der Waals surface area contributed by atoms with Gasteiger partial charge in [-0.05, 0) is 98.1 Å². The fraction of sp³-hybridized carbons (Fsp3) is 0.0667. The third kappa shape index (κ3) is 4.48. The molecule has 0 aliphatic heterocycles. The molecule has 1 aromatic heterocycles. The van der Waals surface area contributed by atoms with Crippen LogP contribution in [0, 0.1) is 0 Å². The van der Waals surface area contributed by atoms with Crippen molar-refractivity contribution in [3.8, 4) is 44.5 Å². The van der Waals surface area contributed by atoms with Crippen molar-refractivity contribution in [3.63, 3.8) is 0 Å². The normalized spacial score (nSPS) is 13.1. The van der Waals surface area contributed by atoms with Crippen LogP contribution in [-0.4, -0.2) is 0 Å². The van der Waals surface area contributed by atoms with E-state index < -0.39 is 0 Å². The van der Waals surface area contributed by atoms with Crippen LogP contribution in [0.25, 0.3) is 66.4 Å². The Kier molecular flexibility index (Phi) is 6.20. The van der Waals surface area contributed by atoms with Gasteiger partial charge in [-0.25, -0.2) is 0 Å². The Hall–Kier alpha value is -5.86. The summed E-state index contributed by atoms with van der Waals surface area (Å²) in [5.41, 5.74) is 16.7. The molecule has 0 radical (unpaired) electrons. The summed E-state index contributed by atoms with van der Waals surface area (Å²) in [6.07, 6.45) is 0. The minimum Gasteiger partial charge on any atom is -0.456 e. The molecule has 1 N–H and O–H groups in total. The molecule has 47 heavy (non-hydrogen) atoms. The van der Waals surface area contributed by atoms with E-state index in [-0.39, 0.29) is 5.41 Å². The predicted molar refractivity (Wildman–Crippen MR) is 197 cm³/mol. The molecule has 0 saturated heterocycles. The molecule has 9 rings (SSSR count). The third-order valence-corrected chi connectivity index (χ3v) is 9.89. The van der Waals surface area contributed by atoms with Crippen molar-refractivity contribution in [1.82, 2.24) is 0 Å². The van der Waals surface area contributed by atoms with E-state index in [9.17, 15) is 0 Å². The second-order valence-electron chi connectivity index (χ2n) is 13.0. The Morgan fingerprint density at radius 1 is 0.447 bits per heavy atom. The Bertz CT molecular complexity index is 2430. The monoisotopic (exact) mass is 603 g/mol. The summed E-state index contributed by atoms with van der Waals surface area (Å²) >= 11 is 0. The summed E-state index contributed by atoms with van der Waals surface area (Å²) in [6, 6.07) is 56.5. The Morgan fingerprint density at radius 3 is 1.85 bits per heavy atom. The van der Waals surface area contributed by atoms with Crippen molar-refractivity contribution >= 4 is 33.3 Å². The topological polar surface area (TPSA) is 25.2 Å². The summed E-state index contributed by atoms with van der Waals surface area (Å²) in [5.74, 6) is 0. The Balaban J connectivity index is 0.981. The molecule has 2 nitrogen and oxygen atoms in total. The van der Waals surface area contributed by atoms with Crippen LogP contribution in [0.1, 0.15) is 25.0 Å². The van der Waals surface area contributed by atoms with Crippen LogP contribution in [0.4, 0.5) is 11.4 Å². The van der Waals surface area contributed by atoms with Gasteiger partial charge in [0.2, 0.25) is 0 Å². The fourth-order valence-corrected chi connectivity index (χ4v) is 7.49. The SMILES string of the molecule is CC1(C)c2cc(-c3ccc(Nc4ccc(-c5cccc6oc7ccccc7c56)cc4)cc3)ccc2-c2c(-c3ccccc3)cccc21. The van der Waals surface area contributed by atoms with Gasteiger partial charge in [-0.15, -0.1) is 0 Å². The number of nitrogens with one attached hydrogen (secondary N) is 1. The van der Waals surface area contributed by atoms with Crippen LogP contribution in [0.2, 0.25) is 0 Å². The van der Waals surface area contributed by atoms with E-state index in [0.717, 1.165) is 33.3 Å². The van der Waals surface area contributed by atoms with E-state index in [1.165, 1.54) is 55.6 Å².